The van der Waals surface area contributed by atoms with Gasteiger partial charge in [-0.15, -0.1) is 0 Å². The average Bonchev–Trinajstić information content (AvgIpc) is 2.59. The van der Waals surface area contributed by atoms with Crippen LogP contribution in [0, 0.1) is 13.8 Å². The monoisotopic (exact) mass is 385 g/mol. The summed E-state index contributed by atoms with van der Waals surface area (Å²) >= 11 is 6.75. The Hall–Kier alpha value is -1.14. The minimum Gasteiger partial charge on any atom is -0.319 e. The first-order chi connectivity index (χ1) is 8.90. The van der Waals surface area contributed by atoms with Crippen LogP contribution in [0.15, 0.2) is 27.1 Å². The molecule has 0 saturated heterocycles. The molecule has 0 saturated carbocycles. The van der Waals surface area contributed by atoms with Crippen molar-refractivity contribution in [1.82, 2.24) is 9.78 Å². The fourth-order valence-corrected chi connectivity index (χ4v) is 2.59. The topological polar surface area (TPSA) is 46.9 Å². The van der Waals surface area contributed by atoms with Crippen LogP contribution < -0.4 is 5.32 Å². The lowest BCUT2D eigenvalue weighted by Crippen LogP contribution is -2.13. The molecule has 2 rings (SSSR count). The highest BCUT2D eigenvalue weighted by atomic mass is 79.9. The van der Waals surface area contributed by atoms with Crippen LogP contribution in [0.3, 0.4) is 0 Å². The van der Waals surface area contributed by atoms with Crippen LogP contribution in [0.5, 0.6) is 0 Å². The lowest BCUT2D eigenvalue weighted by molar-refractivity contribution is 0.102. The Morgan fingerprint density at radius 3 is 2.58 bits per heavy atom. The maximum Gasteiger partial charge on any atom is 0.256 e. The fraction of sp³-hybridized carbons (Fsp3) is 0.231. The van der Waals surface area contributed by atoms with E-state index in [1.165, 1.54) is 0 Å². The van der Waals surface area contributed by atoms with Gasteiger partial charge >= 0.3 is 0 Å². The van der Waals surface area contributed by atoms with Crippen molar-refractivity contribution in [2.24, 2.45) is 7.05 Å². The van der Waals surface area contributed by atoms with E-state index in [9.17, 15) is 4.79 Å². The summed E-state index contributed by atoms with van der Waals surface area (Å²) in [6.45, 7) is 3.80. The molecule has 0 atom stereocenters. The van der Waals surface area contributed by atoms with Gasteiger partial charge in [0.05, 0.1) is 22.6 Å². The van der Waals surface area contributed by atoms with Gasteiger partial charge in [-0.25, -0.2) is 0 Å². The van der Waals surface area contributed by atoms with Crippen LogP contribution in [0.4, 0.5) is 5.69 Å². The summed E-state index contributed by atoms with van der Waals surface area (Å²) in [5.74, 6) is -0.160. The minimum absolute atomic E-state index is 0.160. The quantitative estimate of drug-likeness (QED) is 0.852. The van der Waals surface area contributed by atoms with Crippen LogP contribution in [0.25, 0.3) is 0 Å². The summed E-state index contributed by atoms with van der Waals surface area (Å²) in [7, 11) is 1.85. The highest BCUT2D eigenvalue weighted by Gasteiger charge is 2.15. The normalized spacial score (nSPS) is 10.6. The molecule has 0 unspecified atom stereocenters. The molecule has 0 aliphatic carbocycles. The molecule has 1 aromatic carbocycles. The first-order valence-electron chi connectivity index (χ1n) is 5.66. The molecule has 1 amide bonds. The summed E-state index contributed by atoms with van der Waals surface area (Å²) in [4.78, 5) is 12.3. The van der Waals surface area contributed by atoms with Crippen LogP contribution in [0.2, 0.25) is 0 Å². The number of carbonyl (C=O) groups is 1. The van der Waals surface area contributed by atoms with Crippen LogP contribution in [-0.4, -0.2) is 15.7 Å². The van der Waals surface area contributed by atoms with E-state index in [-0.39, 0.29) is 5.91 Å². The summed E-state index contributed by atoms with van der Waals surface area (Å²) in [5, 5.41) is 7.19. The van der Waals surface area contributed by atoms with Crippen molar-refractivity contribution in [3.05, 3.63) is 44.1 Å². The van der Waals surface area contributed by atoms with E-state index in [2.05, 4.69) is 42.3 Å². The molecular weight excluding hydrogens is 374 g/mol. The van der Waals surface area contributed by atoms with Gasteiger partial charge < -0.3 is 5.32 Å². The Balaban J connectivity index is 2.33. The summed E-state index contributed by atoms with van der Waals surface area (Å²) in [6, 6.07) is 5.49. The maximum absolute atomic E-state index is 12.3. The van der Waals surface area contributed by atoms with Gasteiger partial charge in [-0.05, 0) is 48.0 Å². The van der Waals surface area contributed by atoms with E-state index >= 15 is 0 Å². The number of benzene rings is 1. The number of aromatic nitrogens is 2. The van der Waals surface area contributed by atoms with Gasteiger partial charge in [-0.2, -0.15) is 5.10 Å². The molecule has 4 nitrogen and oxygen atoms in total. The highest BCUT2D eigenvalue weighted by molar-refractivity contribution is 9.11. The molecule has 19 heavy (non-hydrogen) atoms. The van der Waals surface area contributed by atoms with Crippen molar-refractivity contribution >= 4 is 43.5 Å². The van der Waals surface area contributed by atoms with Crippen molar-refractivity contribution in [2.45, 2.75) is 13.8 Å². The highest BCUT2D eigenvalue weighted by Crippen LogP contribution is 2.24. The van der Waals surface area contributed by atoms with Crippen molar-refractivity contribution in [2.75, 3.05) is 5.32 Å². The van der Waals surface area contributed by atoms with Crippen LogP contribution in [-0.2, 0) is 7.05 Å². The lowest BCUT2D eigenvalue weighted by atomic mass is 10.2. The number of halogens is 2. The number of nitrogens with zero attached hydrogens (tertiary/aromatic N) is 2. The summed E-state index contributed by atoms with van der Waals surface area (Å²) < 4.78 is 3.37. The molecular formula is C13H13Br2N3O. The Kier molecular flexibility index (Phi) is 4.10. The Bertz CT molecular complexity index is 650. The van der Waals surface area contributed by atoms with Crippen LogP contribution >= 0.6 is 31.9 Å². The van der Waals surface area contributed by atoms with E-state index in [0.29, 0.717) is 5.56 Å². The molecule has 0 fully saturated rings. The van der Waals surface area contributed by atoms with Gasteiger partial charge in [0.1, 0.15) is 0 Å². The smallest absolute Gasteiger partial charge is 0.256 e. The minimum atomic E-state index is -0.160. The zero-order valence-electron chi connectivity index (χ0n) is 10.8. The second-order valence-corrected chi connectivity index (χ2v) is 6.02. The molecule has 0 aliphatic heterocycles. The predicted molar refractivity (Wildman–Crippen MR) is 82.5 cm³/mol. The number of aryl methyl sites for hydroxylation is 2. The van der Waals surface area contributed by atoms with E-state index < -0.39 is 0 Å². The second kappa shape index (κ2) is 5.46. The fourth-order valence-electron chi connectivity index (χ4n) is 1.81. The van der Waals surface area contributed by atoms with Gasteiger partial charge in [0.2, 0.25) is 0 Å². The molecule has 0 bridgehead atoms. The molecule has 6 heteroatoms. The van der Waals surface area contributed by atoms with Crippen LogP contribution in [0.1, 0.15) is 21.7 Å². The van der Waals surface area contributed by atoms with Crippen molar-refractivity contribution in [3.8, 4) is 0 Å². The number of hydrogen-bond acceptors (Lipinski definition) is 2. The number of carbonyl (C=O) groups excluding carboxylic acids is 1. The third-order valence-electron chi connectivity index (χ3n) is 2.92. The van der Waals surface area contributed by atoms with Crippen molar-refractivity contribution < 1.29 is 4.79 Å². The standard InChI is InChI=1S/C13H13Br2N3O/c1-7-12(8(2)18(3)17-7)16-13(19)10-6-9(14)4-5-11(10)15/h4-6H,1-3H3,(H,16,19). The Labute approximate surface area is 128 Å². The van der Waals surface area contributed by atoms with E-state index in [1.807, 2.05) is 33.0 Å². The number of amides is 1. The number of rotatable bonds is 2. The molecule has 0 radical (unpaired) electrons. The zero-order valence-corrected chi connectivity index (χ0v) is 14.0. The van der Waals surface area contributed by atoms with Gasteiger partial charge in [0.15, 0.2) is 0 Å². The molecule has 100 valence electrons. The first kappa shape index (κ1) is 14.3. The average molecular weight is 387 g/mol. The molecule has 1 aromatic heterocycles. The lowest BCUT2D eigenvalue weighted by Gasteiger charge is -2.08. The predicted octanol–water partition coefficient (Wildman–Crippen LogP) is 3.81. The first-order valence-corrected chi connectivity index (χ1v) is 7.25. The van der Waals surface area contributed by atoms with Gasteiger partial charge in [-0.1, -0.05) is 15.9 Å². The van der Waals surface area contributed by atoms with Crippen molar-refractivity contribution in [1.29, 1.82) is 0 Å². The molecule has 1 N–H and O–H groups in total. The largest absolute Gasteiger partial charge is 0.319 e. The summed E-state index contributed by atoms with van der Waals surface area (Å²) in [6.07, 6.45) is 0. The maximum atomic E-state index is 12.3. The van der Waals surface area contributed by atoms with Gasteiger partial charge in [0, 0.05) is 16.0 Å². The van der Waals surface area contributed by atoms with E-state index in [4.69, 9.17) is 0 Å². The second-order valence-electron chi connectivity index (χ2n) is 4.25. The number of nitrogens with one attached hydrogen (secondary N) is 1. The Morgan fingerprint density at radius 1 is 1.32 bits per heavy atom. The Morgan fingerprint density at radius 2 is 2.00 bits per heavy atom. The third kappa shape index (κ3) is 2.90. The van der Waals surface area contributed by atoms with E-state index in [0.717, 1.165) is 26.0 Å². The molecule has 0 aliphatic rings. The van der Waals surface area contributed by atoms with E-state index in [1.54, 1.807) is 10.7 Å². The zero-order chi connectivity index (χ0) is 14.2. The molecule has 1 heterocycles. The number of anilines is 1. The van der Waals surface area contributed by atoms with Crippen molar-refractivity contribution in [3.63, 3.8) is 0 Å². The van der Waals surface area contributed by atoms with Gasteiger partial charge in [0.25, 0.3) is 5.91 Å². The van der Waals surface area contributed by atoms with Gasteiger partial charge in [-0.3, -0.25) is 9.48 Å². The third-order valence-corrected chi connectivity index (χ3v) is 4.11. The molecule has 2 aromatic rings. The molecule has 0 spiro atoms. The summed E-state index contributed by atoms with van der Waals surface area (Å²) in [5.41, 5.74) is 3.08. The SMILES string of the molecule is Cc1nn(C)c(C)c1NC(=O)c1cc(Br)ccc1Br. The number of hydrogen-bond donors (Lipinski definition) is 1.